The van der Waals surface area contributed by atoms with Crippen LogP contribution in [0.25, 0.3) is 0 Å². The summed E-state index contributed by atoms with van der Waals surface area (Å²) in [4.78, 5) is 23.3. The number of amides is 1. The number of carbonyl (C=O) groups excluding carboxylic acids is 1. The molecule has 1 fully saturated rings. The van der Waals surface area contributed by atoms with E-state index in [1.165, 1.54) is 17.3 Å². The Balaban J connectivity index is 1.63. The molecule has 0 radical (unpaired) electrons. The minimum Gasteiger partial charge on any atom is -0.352 e. The molecular formula is C23H27ClF2N6O. The standard InChI is InChI=1S/C23H27ClF2N6O/c1-15-9-23(25,26)14-32(18(15)12-29-21-27-10-17(24)11-28-21)20(33)19-22(2,13-31(3)30-19)16-7-5-4-6-8-16/h4-8,10-11,15,18H,9,12-14H2,1-3H3,(H,27,28,29)/t15-,18?,22?/m1/s1. The smallest absolute Gasteiger partial charge is 0.271 e. The van der Waals surface area contributed by atoms with Crippen molar-refractivity contribution in [3.63, 3.8) is 0 Å². The molecule has 1 amide bonds. The van der Waals surface area contributed by atoms with Crippen LogP contribution in [-0.2, 0) is 10.2 Å². The molecule has 176 valence electrons. The number of hydrogen-bond donors (Lipinski definition) is 1. The van der Waals surface area contributed by atoms with Gasteiger partial charge in [0.05, 0.1) is 42.0 Å². The number of nitrogens with one attached hydrogen (secondary N) is 1. The van der Waals surface area contributed by atoms with Gasteiger partial charge in [0, 0.05) is 20.0 Å². The number of carbonyl (C=O) groups is 1. The van der Waals surface area contributed by atoms with Crippen LogP contribution in [0, 0.1) is 5.92 Å². The molecule has 3 heterocycles. The van der Waals surface area contributed by atoms with Gasteiger partial charge in [0.1, 0.15) is 5.71 Å². The summed E-state index contributed by atoms with van der Waals surface area (Å²) in [5, 5.41) is 9.64. The van der Waals surface area contributed by atoms with Crippen LogP contribution in [0.1, 0.15) is 25.8 Å². The van der Waals surface area contributed by atoms with E-state index in [-0.39, 0.29) is 18.7 Å². The monoisotopic (exact) mass is 476 g/mol. The van der Waals surface area contributed by atoms with Gasteiger partial charge in [0.15, 0.2) is 0 Å². The quantitative estimate of drug-likeness (QED) is 0.712. The molecule has 7 nitrogen and oxygen atoms in total. The van der Waals surface area contributed by atoms with Gasteiger partial charge in [0.2, 0.25) is 5.95 Å². The first kappa shape index (κ1) is 23.4. The zero-order valence-corrected chi connectivity index (χ0v) is 19.6. The third-order valence-corrected chi connectivity index (χ3v) is 6.58. The SMILES string of the molecule is C[C@@H]1CC(F)(F)CN(C(=O)C2=NN(C)CC2(C)c2ccccc2)C1CNc1ncc(Cl)cn1. The Morgan fingerprint density at radius 1 is 1.21 bits per heavy atom. The maximum Gasteiger partial charge on any atom is 0.271 e. The number of anilines is 1. The largest absolute Gasteiger partial charge is 0.352 e. The third kappa shape index (κ3) is 4.78. The number of alkyl halides is 2. The second-order valence-electron chi connectivity index (χ2n) is 9.11. The van der Waals surface area contributed by atoms with E-state index in [4.69, 9.17) is 11.6 Å². The number of aromatic nitrogens is 2. The minimum absolute atomic E-state index is 0.232. The fraction of sp³-hybridized carbons (Fsp3) is 0.478. The zero-order valence-electron chi connectivity index (χ0n) is 18.8. The number of nitrogens with zero attached hydrogens (tertiary/aromatic N) is 5. The first-order valence-electron chi connectivity index (χ1n) is 10.8. The number of hydrazone groups is 1. The van der Waals surface area contributed by atoms with Gasteiger partial charge in [-0.15, -0.1) is 0 Å². The molecule has 10 heteroatoms. The average Bonchev–Trinajstić information content (AvgIpc) is 3.08. The lowest BCUT2D eigenvalue weighted by Crippen LogP contribution is -2.60. The number of piperidine rings is 1. The normalized spacial score (nSPS) is 26.8. The lowest BCUT2D eigenvalue weighted by atomic mass is 9.77. The molecule has 2 aliphatic heterocycles. The van der Waals surface area contributed by atoms with Gasteiger partial charge in [-0.25, -0.2) is 18.7 Å². The van der Waals surface area contributed by atoms with Crippen molar-refractivity contribution < 1.29 is 13.6 Å². The summed E-state index contributed by atoms with van der Waals surface area (Å²) in [6.45, 7) is 3.73. The van der Waals surface area contributed by atoms with Crippen molar-refractivity contribution in [1.82, 2.24) is 19.9 Å². The molecule has 2 aliphatic rings. The molecule has 0 bridgehead atoms. The number of likely N-dealkylation sites (tertiary alicyclic amines) is 1. The van der Waals surface area contributed by atoms with Crippen molar-refractivity contribution in [2.45, 2.75) is 37.6 Å². The van der Waals surface area contributed by atoms with Crippen LogP contribution < -0.4 is 5.32 Å². The summed E-state index contributed by atoms with van der Waals surface area (Å²) >= 11 is 5.84. The van der Waals surface area contributed by atoms with E-state index in [9.17, 15) is 13.6 Å². The third-order valence-electron chi connectivity index (χ3n) is 6.38. The highest BCUT2D eigenvalue weighted by Gasteiger charge is 2.50. The summed E-state index contributed by atoms with van der Waals surface area (Å²) in [6, 6.07) is 9.09. The molecule has 3 atom stereocenters. The lowest BCUT2D eigenvalue weighted by molar-refractivity contribution is -0.145. The minimum atomic E-state index is -2.98. The second kappa shape index (κ2) is 8.85. The maximum absolute atomic E-state index is 14.6. The van der Waals surface area contributed by atoms with Crippen LogP contribution in [0.15, 0.2) is 47.8 Å². The van der Waals surface area contributed by atoms with Crippen LogP contribution in [0.2, 0.25) is 5.02 Å². The molecule has 2 unspecified atom stereocenters. The van der Waals surface area contributed by atoms with Gasteiger partial charge in [-0.05, 0) is 18.4 Å². The fourth-order valence-corrected chi connectivity index (χ4v) is 4.87. The molecule has 2 aromatic rings. The molecule has 1 aromatic carbocycles. The Morgan fingerprint density at radius 3 is 2.55 bits per heavy atom. The van der Waals surface area contributed by atoms with Crippen molar-refractivity contribution in [3.8, 4) is 0 Å². The first-order valence-corrected chi connectivity index (χ1v) is 11.2. The Bertz CT molecular complexity index is 1040. The predicted molar refractivity (Wildman–Crippen MR) is 124 cm³/mol. The highest BCUT2D eigenvalue weighted by atomic mass is 35.5. The molecular weight excluding hydrogens is 450 g/mol. The first-order chi connectivity index (χ1) is 15.6. The Morgan fingerprint density at radius 2 is 1.88 bits per heavy atom. The molecule has 0 aliphatic carbocycles. The van der Waals surface area contributed by atoms with Gasteiger partial charge in [0.25, 0.3) is 11.8 Å². The van der Waals surface area contributed by atoms with E-state index >= 15 is 0 Å². The number of likely N-dealkylation sites (N-methyl/N-ethyl adjacent to an activating group) is 1. The van der Waals surface area contributed by atoms with E-state index in [0.717, 1.165) is 5.56 Å². The highest BCUT2D eigenvalue weighted by Crippen LogP contribution is 2.37. The van der Waals surface area contributed by atoms with Crippen LogP contribution in [0.3, 0.4) is 0 Å². The van der Waals surface area contributed by atoms with Crippen LogP contribution in [0.5, 0.6) is 0 Å². The van der Waals surface area contributed by atoms with Gasteiger partial charge in [-0.3, -0.25) is 9.80 Å². The Kier molecular flexibility index (Phi) is 6.26. The zero-order chi connectivity index (χ0) is 23.8. The van der Waals surface area contributed by atoms with Crippen molar-refractivity contribution in [1.29, 1.82) is 0 Å². The summed E-state index contributed by atoms with van der Waals surface area (Å²) in [5.74, 6) is -3.57. The summed E-state index contributed by atoms with van der Waals surface area (Å²) in [7, 11) is 1.78. The fourth-order valence-electron chi connectivity index (χ4n) is 4.78. The van der Waals surface area contributed by atoms with Crippen molar-refractivity contribution >= 4 is 29.2 Å². The number of halogens is 3. The number of benzene rings is 1. The second-order valence-corrected chi connectivity index (χ2v) is 9.54. The number of rotatable bonds is 5. The van der Waals surface area contributed by atoms with Crippen LogP contribution >= 0.6 is 11.6 Å². The molecule has 33 heavy (non-hydrogen) atoms. The molecule has 4 rings (SSSR count). The van der Waals surface area contributed by atoms with E-state index in [2.05, 4.69) is 20.4 Å². The van der Waals surface area contributed by atoms with Crippen molar-refractivity contribution in [2.75, 3.05) is 32.0 Å². The Labute approximate surface area is 196 Å². The maximum atomic E-state index is 14.6. The van der Waals surface area contributed by atoms with E-state index in [1.54, 1.807) is 19.0 Å². The van der Waals surface area contributed by atoms with E-state index < -0.39 is 35.7 Å². The van der Waals surface area contributed by atoms with E-state index in [1.807, 2.05) is 37.3 Å². The van der Waals surface area contributed by atoms with Crippen LogP contribution in [-0.4, -0.2) is 70.1 Å². The van der Waals surface area contributed by atoms with Gasteiger partial charge in [-0.2, -0.15) is 5.10 Å². The average molecular weight is 477 g/mol. The van der Waals surface area contributed by atoms with Gasteiger partial charge >= 0.3 is 0 Å². The molecule has 0 saturated carbocycles. The van der Waals surface area contributed by atoms with E-state index in [0.29, 0.717) is 17.5 Å². The molecule has 1 aromatic heterocycles. The lowest BCUT2D eigenvalue weighted by Gasteiger charge is -2.44. The highest BCUT2D eigenvalue weighted by molar-refractivity contribution is 6.42. The predicted octanol–water partition coefficient (Wildman–Crippen LogP) is 3.67. The topological polar surface area (TPSA) is 73.7 Å². The summed E-state index contributed by atoms with van der Waals surface area (Å²) < 4.78 is 29.2. The summed E-state index contributed by atoms with van der Waals surface area (Å²) in [6.07, 6.45) is 2.60. The van der Waals surface area contributed by atoms with Crippen molar-refractivity contribution in [2.24, 2.45) is 11.0 Å². The van der Waals surface area contributed by atoms with Crippen molar-refractivity contribution in [3.05, 3.63) is 53.3 Å². The van der Waals surface area contributed by atoms with Gasteiger partial charge in [-0.1, -0.05) is 48.9 Å². The molecule has 0 spiro atoms. The number of hydrogen-bond acceptors (Lipinski definition) is 6. The molecule has 1 saturated heterocycles. The Hall–Kier alpha value is -2.81. The van der Waals surface area contributed by atoms with Gasteiger partial charge < -0.3 is 10.2 Å². The van der Waals surface area contributed by atoms with Crippen LogP contribution in [0.4, 0.5) is 14.7 Å². The summed E-state index contributed by atoms with van der Waals surface area (Å²) in [5.41, 5.74) is 0.483. The molecule has 1 N–H and O–H groups in total.